The van der Waals surface area contributed by atoms with Gasteiger partial charge in [-0.1, -0.05) is 0 Å². The topological polar surface area (TPSA) is 109 Å². The molecule has 10 heteroatoms. The van der Waals surface area contributed by atoms with Gasteiger partial charge in [-0.05, 0) is 45.0 Å². The highest BCUT2D eigenvalue weighted by Crippen LogP contribution is 2.25. The molecule has 0 saturated heterocycles. The molecule has 0 radical (unpaired) electrons. The highest BCUT2D eigenvalue weighted by Gasteiger charge is 2.27. The zero-order valence-corrected chi connectivity index (χ0v) is 16.0. The van der Waals surface area contributed by atoms with E-state index >= 15 is 0 Å². The number of nitrogens with zero attached hydrogens (tertiary/aromatic N) is 2. The average Bonchev–Trinajstić information content (AvgIpc) is 2.98. The fourth-order valence-electron chi connectivity index (χ4n) is 1.96. The number of hydroxylamine groups is 1. The number of carbonyl (C=O) groups excluding carboxylic acids is 1. The second-order valence-electron chi connectivity index (χ2n) is 6.31. The Balaban J connectivity index is 2.42. The maximum atomic E-state index is 12.5. The number of methoxy groups -OCH3 is 1. The van der Waals surface area contributed by atoms with Crippen molar-refractivity contribution in [3.05, 3.63) is 36.0 Å². The maximum absolute atomic E-state index is 12.5. The number of rotatable bonds is 6. The van der Waals surface area contributed by atoms with Crippen molar-refractivity contribution in [2.24, 2.45) is 0 Å². The zero-order valence-electron chi connectivity index (χ0n) is 15.1. The van der Waals surface area contributed by atoms with Crippen LogP contribution in [-0.2, 0) is 20.5 Å². The molecular formula is C16H21N3O6S. The fraction of sp³-hybridized carbons (Fsp3) is 0.375. The molecule has 9 nitrogen and oxygen atoms in total. The lowest BCUT2D eigenvalue weighted by Crippen LogP contribution is -2.23. The first-order valence-electron chi connectivity index (χ1n) is 7.60. The highest BCUT2D eigenvalue weighted by molar-refractivity contribution is 7.87. The first-order chi connectivity index (χ1) is 12.1. The highest BCUT2D eigenvalue weighted by atomic mass is 32.2. The van der Waals surface area contributed by atoms with Crippen LogP contribution in [0.4, 0.5) is 0 Å². The molecule has 0 atom stereocenters. The van der Waals surface area contributed by atoms with E-state index in [0.29, 0.717) is 5.75 Å². The monoisotopic (exact) mass is 383 g/mol. The summed E-state index contributed by atoms with van der Waals surface area (Å²) in [7, 11) is -1.46. The summed E-state index contributed by atoms with van der Waals surface area (Å²) >= 11 is 0. The second-order valence-corrected chi connectivity index (χ2v) is 7.86. The largest absolute Gasteiger partial charge is 0.497 e. The van der Waals surface area contributed by atoms with Crippen molar-refractivity contribution >= 4 is 16.0 Å². The molecule has 0 spiro atoms. The summed E-state index contributed by atoms with van der Waals surface area (Å²) in [6, 6.07) is 5.65. The van der Waals surface area contributed by atoms with Gasteiger partial charge in [0.05, 0.1) is 19.8 Å². The predicted octanol–water partition coefficient (Wildman–Crippen LogP) is 1.71. The standard InChI is InChI=1S/C16H21N3O6S/c1-16(2,3)19-10-13(14(20)18-24-5)15(17-19)25-26(21,22)12-8-6-11(23-4)7-9-12/h6-10H,1-5H3,(H,18,20). The van der Waals surface area contributed by atoms with Gasteiger partial charge in [0, 0.05) is 6.20 Å². The molecule has 0 unspecified atom stereocenters. The lowest BCUT2D eigenvalue weighted by Gasteiger charge is -2.18. The molecule has 1 aromatic heterocycles. The fourth-order valence-corrected chi connectivity index (χ4v) is 2.86. The summed E-state index contributed by atoms with van der Waals surface area (Å²) in [5, 5.41) is 4.10. The van der Waals surface area contributed by atoms with Gasteiger partial charge in [0.25, 0.3) is 11.8 Å². The third-order valence-corrected chi connectivity index (χ3v) is 4.57. The van der Waals surface area contributed by atoms with Crippen molar-refractivity contribution in [2.45, 2.75) is 31.2 Å². The van der Waals surface area contributed by atoms with E-state index in [1.54, 1.807) is 0 Å². The van der Waals surface area contributed by atoms with Crippen LogP contribution in [-0.4, -0.2) is 38.3 Å². The molecule has 2 rings (SSSR count). The second kappa shape index (κ2) is 7.34. The Hall–Kier alpha value is -2.59. The van der Waals surface area contributed by atoms with E-state index in [4.69, 9.17) is 8.92 Å². The third kappa shape index (κ3) is 4.33. The van der Waals surface area contributed by atoms with E-state index in [9.17, 15) is 13.2 Å². The predicted molar refractivity (Wildman–Crippen MR) is 92.5 cm³/mol. The van der Waals surface area contributed by atoms with Gasteiger partial charge in [-0.15, -0.1) is 5.10 Å². The first-order valence-corrected chi connectivity index (χ1v) is 9.01. The van der Waals surface area contributed by atoms with Crippen LogP contribution in [0.25, 0.3) is 0 Å². The van der Waals surface area contributed by atoms with Crippen LogP contribution in [0.1, 0.15) is 31.1 Å². The summed E-state index contributed by atoms with van der Waals surface area (Å²) in [6.45, 7) is 5.54. The summed E-state index contributed by atoms with van der Waals surface area (Å²) in [6.07, 6.45) is 1.40. The van der Waals surface area contributed by atoms with E-state index in [-0.39, 0.29) is 16.3 Å². The Bertz CT molecular complexity index is 882. The van der Waals surface area contributed by atoms with Crippen LogP contribution in [0.3, 0.4) is 0 Å². The molecule has 1 heterocycles. The van der Waals surface area contributed by atoms with Crippen LogP contribution < -0.4 is 14.4 Å². The van der Waals surface area contributed by atoms with Crippen LogP contribution in [0.15, 0.2) is 35.4 Å². The number of aromatic nitrogens is 2. The van der Waals surface area contributed by atoms with Crippen LogP contribution in [0, 0.1) is 0 Å². The van der Waals surface area contributed by atoms with Crippen molar-refractivity contribution < 1.29 is 27.0 Å². The lowest BCUT2D eigenvalue weighted by atomic mass is 10.1. The first kappa shape index (κ1) is 19.7. The smallest absolute Gasteiger partial charge is 0.340 e. The molecule has 0 aliphatic rings. The Morgan fingerprint density at radius 2 is 1.77 bits per heavy atom. The Morgan fingerprint density at radius 1 is 1.15 bits per heavy atom. The number of benzene rings is 1. The van der Waals surface area contributed by atoms with E-state index < -0.39 is 21.6 Å². The molecule has 1 aromatic carbocycles. The van der Waals surface area contributed by atoms with Gasteiger partial charge in [-0.2, -0.15) is 8.42 Å². The van der Waals surface area contributed by atoms with Crippen molar-refractivity contribution in [3.63, 3.8) is 0 Å². The molecule has 0 saturated carbocycles. The van der Waals surface area contributed by atoms with E-state index in [1.165, 1.54) is 49.4 Å². The van der Waals surface area contributed by atoms with Crippen molar-refractivity contribution in [3.8, 4) is 11.6 Å². The molecule has 2 aromatic rings. The summed E-state index contributed by atoms with van der Waals surface area (Å²) in [5.41, 5.74) is 1.56. The van der Waals surface area contributed by atoms with Crippen molar-refractivity contribution in [1.82, 2.24) is 15.3 Å². The van der Waals surface area contributed by atoms with Gasteiger partial charge in [0.2, 0.25) is 0 Å². The van der Waals surface area contributed by atoms with Crippen LogP contribution in [0.5, 0.6) is 11.6 Å². The molecule has 142 valence electrons. The minimum Gasteiger partial charge on any atom is -0.497 e. The number of hydrogen-bond donors (Lipinski definition) is 1. The Kier molecular flexibility index (Phi) is 5.57. The van der Waals surface area contributed by atoms with E-state index in [2.05, 4.69) is 15.4 Å². The molecule has 0 aliphatic heterocycles. The summed E-state index contributed by atoms with van der Waals surface area (Å²) in [5.74, 6) is -0.519. The molecule has 26 heavy (non-hydrogen) atoms. The number of nitrogens with one attached hydrogen (secondary N) is 1. The molecule has 0 fully saturated rings. The van der Waals surface area contributed by atoms with Gasteiger partial charge < -0.3 is 8.92 Å². The minimum absolute atomic E-state index is 0.0705. The van der Waals surface area contributed by atoms with Crippen molar-refractivity contribution in [1.29, 1.82) is 0 Å². The van der Waals surface area contributed by atoms with Gasteiger partial charge in [-0.25, -0.2) is 5.48 Å². The molecule has 0 aliphatic carbocycles. The van der Waals surface area contributed by atoms with Gasteiger partial charge >= 0.3 is 10.1 Å². The molecular weight excluding hydrogens is 362 g/mol. The van der Waals surface area contributed by atoms with Gasteiger partial charge in [0.15, 0.2) is 0 Å². The minimum atomic E-state index is -4.19. The van der Waals surface area contributed by atoms with E-state index in [0.717, 1.165) is 0 Å². The summed E-state index contributed by atoms with van der Waals surface area (Å²) < 4.78 is 36.6. The average molecular weight is 383 g/mol. The third-order valence-electron chi connectivity index (χ3n) is 3.34. The maximum Gasteiger partial charge on any atom is 0.340 e. The molecule has 0 bridgehead atoms. The Labute approximate surface area is 151 Å². The van der Waals surface area contributed by atoms with Gasteiger partial charge in [0.1, 0.15) is 16.2 Å². The zero-order chi connectivity index (χ0) is 19.5. The van der Waals surface area contributed by atoms with Crippen molar-refractivity contribution in [2.75, 3.05) is 14.2 Å². The molecule has 1 amide bonds. The van der Waals surface area contributed by atoms with Crippen LogP contribution in [0.2, 0.25) is 0 Å². The Morgan fingerprint density at radius 3 is 2.27 bits per heavy atom. The summed E-state index contributed by atoms with van der Waals surface area (Å²) in [4.78, 5) is 16.6. The van der Waals surface area contributed by atoms with E-state index in [1.807, 2.05) is 20.8 Å². The normalized spacial score (nSPS) is 11.9. The number of hydrogen-bond acceptors (Lipinski definition) is 7. The SMILES string of the molecule is CONC(=O)c1cn(C(C)(C)C)nc1OS(=O)(=O)c1ccc(OC)cc1. The number of amides is 1. The molecule has 1 N–H and O–H groups in total. The lowest BCUT2D eigenvalue weighted by molar-refractivity contribution is 0.0536. The van der Waals surface area contributed by atoms with Crippen LogP contribution >= 0.6 is 0 Å². The number of ether oxygens (including phenoxy) is 1. The number of carbonyl (C=O) groups is 1. The quantitative estimate of drug-likeness (QED) is 0.597. The van der Waals surface area contributed by atoms with Gasteiger partial charge in [-0.3, -0.25) is 14.3 Å².